The maximum absolute atomic E-state index is 6.14. The Balaban J connectivity index is 1.85. The Hall–Kier alpha value is -0.160. The molecule has 2 aliphatic heterocycles. The second kappa shape index (κ2) is 5.65. The van der Waals surface area contributed by atoms with Crippen molar-refractivity contribution < 1.29 is 9.47 Å². The standard InChI is InChI=1S/C13H26N2O2/c1-3-17-11-5-4-6-15(7-11)9-13(2)10-16-8-12(13)14/h11-12H,3-10,14H2,1-2H3. The van der Waals surface area contributed by atoms with Crippen molar-refractivity contribution >= 4 is 0 Å². The lowest BCUT2D eigenvalue weighted by molar-refractivity contribution is -0.00718. The van der Waals surface area contributed by atoms with Crippen LogP contribution in [-0.4, -0.2) is 56.5 Å². The van der Waals surface area contributed by atoms with Gasteiger partial charge in [0.25, 0.3) is 0 Å². The minimum Gasteiger partial charge on any atom is -0.379 e. The highest BCUT2D eigenvalue weighted by Crippen LogP contribution is 2.29. The van der Waals surface area contributed by atoms with Gasteiger partial charge in [0, 0.05) is 31.2 Å². The summed E-state index contributed by atoms with van der Waals surface area (Å²) >= 11 is 0. The fraction of sp³-hybridized carbons (Fsp3) is 1.00. The predicted octanol–water partition coefficient (Wildman–Crippen LogP) is 0.851. The predicted molar refractivity (Wildman–Crippen MR) is 68.0 cm³/mol. The summed E-state index contributed by atoms with van der Waals surface area (Å²) in [7, 11) is 0. The van der Waals surface area contributed by atoms with Crippen LogP contribution in [0, 0.1) is 5.41 Å². The molecule has 4 heteroatoms. The Labute approximate surface area is 104 Å². The summed E-state index contributed by atoms with van der Waals surface area (Å²) in [4.78, 5) is 2.50. The summed E-state index contributed by atoms with van der Waals surface area (Å²) in [5, 5.41) is 0. The Morgan fingerprint density at radius 3 is 3.00 bits per heavy atom. The molecule has 4 nitrogen and oxygen atoms in total. The van der Waals surface area contributed by atoms with Gasteiger partial charge in [-0.2, -0.15) is 0 Å². The molecule has 17 heavy (non-hydrogen) atoms. The highest BCUT2D eigenvalue weighted by molar-refractivity contribution is 4.93. The van der Waals surface area contributed by atoms with Gasteiger partial charge in [-0.1, -0.05) is 6.92 Å². The molecule has 0 aliphatic carbocycles. The number of nitrogens with two attached hydrogens (primary N) is 1. The van der Waals surface area contributed by atoms with Crippen LogP contribution >= 0.6 is 0 Å². The minimum absolute atomic E-state index is 0.119. The van der Waals surface area contributed by atoms with E-state index in [4.69, 9.17) is 15.2 Å². The van der Waals surface area contributed by atoms with E-state index in [0.29, 0.717) is 12.7 Å². The van der Waals surface area contributed by atoms with Crippen molar-refractivity contribution in [2.75, 3.05) is 39.5 Å². The largest absolute Gasteiger partial charge is 0.379 e. The second-order valence-electron chi connectivity index (χ2n) is 5.73. The molecular weight excluding hydrogens is 216 g/mol. The molecule has 0 radical (unpaired) electrons. The van der Waals surface area contributed by atoms with Gasteiger partial charge < -0.3 is 20.1 Å². The Morgan fingerprint density at radius 2 is 2.35 bits per heavy atom. The topological polar surface area (TPSA) is 47.7 Å². The van der Waals surface area contributed by atoms with Crippen molar-refractivity contribution in [2.24, 2.45) is 11.1 Å². The van der Waals surface area contributed by atoms with Crippen LogP contribution in [0.5, 0.6) is 0 Å². The van der Waals surface area contributed by atoms with Gasteiger partial charge in [-0.15, -0.1) is 0 Å². The number of hydrogen-bond donors (Lipinski definition) is 1. The number of nitrogens with zero attached hydrogens (tertiary/aromatic N) is 1. The summed E-state index contributed by atoms with van der Waals surface area (Å²) in [6.07, 6.45) is 2.84. The van der Waals surface area contributed by atoms with Crippen LogP contribution < -0.4 is 5.73 Å². The van der Waals surface area contributed by atoms with Crippen molar-refractivity contribution in [3.8, 4) is 0 Å². The highest BCUT2D eigenvalue weighted by atomic mass is 16.5. The van der Waals surface area contributed by atoms with Gasteiger partial charge >= 0.3 is 0 Å². The number of ether oxygens (including phenoxy) is 2. The van der Waals surface area contributed by atoms with Crippen LogP contribution in [0.15, 0.2) is 0 Å². The lowest BCUT2D eigenvalue weighted by Crippen LogP contribution is -2.50. The van der Waals surface area contributed by atoms with Gasteiger partial charge in [-0.3, -0.25) is 0 Å². The molecule has 3 atom stereocenters. The van der Waals surface area contributed by atoms with Crippen molar-refractivity contribution in [2.45, 2.75) is 38.8 Å². The molecule has 0 aromatic rings. The zero-order chi connectivity index (χ0) is 12.3. The number of hydrogen-bond acceptors (Lipinski definition) is 4. The fourth-order valence-electron chi connectivity index (χ4n) is 2.93. The molecule has 3 unspecified atom stereocenters. The SMILES string of the molecule is CCOC1CCCN(CC2(C)COCC2N)C1. The normalized spacial score (nSPS) is 39.7. The number of likely N-dealkylation sites (tertiary alicyclic amines) is 1. The lowest BCUT2D eigenvalue weighted by atomic mass is 9.84. The zero-order valence-corrected chi connectivity index (χ0v) is 11.2. The van der Waals surface area contributed by atoms with E-state index in [1.807, 2.05) is 0 Å². The Kier molecular flexibility index (Phi) is 4.42. The lowest BCUT2D eigenvalue weighted by Gasteiger charge is -2.38. The van der Waals surface area contributed by atoms with Crippen molar-refractivity contribution in [3.05, 3.63) is 0 Å². The first-order chi connectivity index (χ1) is 8.14. The van der Waals surface area contributed by atoms with Gasteiger partial charge in [0.05, 0.1) is 19.3 Å². The number of piperidine rings is 1. The smallest absolute Gasteiger partial charge is 0.0702 e. The maximum Gasteiger partial charge on any atom is 0.0702 e. The Morgan fingerprint density at radius 1 is 1.53 bits per heavy atom. The van der Waals surface area contributed by atoms with Crippen LogP contribution in [0.2, 0.25) is 0 Å². The van der Waals surface area contributed by atoms with E-state index in [1.165, 1.54) is 19.4 Å². The first-order valence-corrected chi connectivity index (χ1v) is 6.81. The molecule has 0 amide bonds. The van der Waals surface area contributed by atoms with E-state index in [1.54, 1.807) is 0 Å². The van der Waals surface area contributed by atoms with Crippen LogP contribution in [-0.2, 0) is 9.47 Å². The first kappa shape index (κ1) is 13.3. The molecule has 100 valence electrons. The van der Waals surface area contributed by atoms with E-state index in [2.05, 4.69) is 18.7 Å². The molecule has 2 fully saturated rings. The third-order valence-electron chi connectivity index (χ3n) is 4.07. The summed E-state index contributed by atoms with van der Waals surface area (Å²) in [6.45, 7) is 9.90. The monoisotopic (exact) mass is 242 g/mol. The molecule has 0 aromatic heterocycles. The summed E-state index contributed by atoms with van der Waals surface area (Å²) in [5.41, 5.74) is 6.26. The van der Waals surface area contributed by atoms with Crippen LogP contribution in [0.1, 0.15) is 26.7 Å². The van der Waals surface area contributed by atoms with Gasteiger partial charge in [-0.05, 0) is 26.3 Å². The molecule has 2 heterocycles. The van der Waals surface area contributed by atoms with Gasteiger partial charge in [0.2, 0.25) is 0 Å². The molecule has 2 N–H and O–H groups in total. The molecule has 0 aromatic carbocycles. The van der Waals surface area contributed by atoms with Gasteiger partial charge in [0.1, 0.15) is 0 Å². The second-order valence-corrected chi connectivity index (χ2v) is 5.73. The average molecular weight is 242 g/mol. The Bertz CT molecular complexity index is 248. The van der Waals surface area contributed by atoms with Crippen LogP contribution in [0.25, 0.3) is 0 Å². The van der Waals surface area contributed by atoms with E-state index >= 15 is 0 Å². The van der Waals surface area contributed by atoms with Gasteiger partial charge in [-0.25, -0.2) is 0 Å². The van der Waals surface area contributed by atoms with E-state index < -0.39 is 0 Å². The summed E-state index contributed by atoms with van der Waals surface area (Å²) < 4.78 is 11.2. The third-order valence-corrected chi connectivity index (χ3v) is 4.07. The van der Waals surface area contributed by atoms with E-state index in [-0.39, 0.29) is 11.5 Å². The average Bonchev–Trinajstić information content (AvgIpc) is 2.60. The van der Waals surface area contributed by atoms with E-state index in [0.717, 1.165) is 26.3 Å². The molecule has 0 saturated carbocycles. The van der Waals surface area contributed by atoms with Crippen molar-refractivity contribution in [3.63, 3.8) is 0 Å². The molecule has 2 rings (SSSR count). The van der Waals surface area contributed by atoms with Crippen molar-refractivity contribution in [1.82, 2.24) is 4.90 Å². The molecular formula is C13H26N2O2. The maximum atomic E-state index is 6.14. The summed E-state index contributed by atoms with van der Waals surface area (Å²) in [5.74, 6) is 0. The molecule has 2 aliphatic rings. The van der Waals surface area contributed by atoms with Crippen molar-refractivity contribution in [1.29, 1.82) is 0 Å². The quantitative estimate of drug-likeness (QED) is 0.794. The third kappa shape index (κ3) is 3.19. The van der Waals surface area contributed by atoms with E-state index in [9.17, 15) is 0 Å². The molecule has 0 spiro atoms. The first-order valence-electron chi connectivity index (χ1n) is 6.81. The summed E-state index contributed by atoms with van der Waals surface area (Å²) in [6, 6.07) is 0.176. The zero-order valence-electron chi connectivity index (χ0n) is 11.2. The molecule has 2 saturated heterocycles. The van der Waals surface area contributed by atoms with Crippen LogP contribution in [0.3, 0.4) is 0 Å². The highest BCUT2D eigenvalue weighted by Gasteiger charge is 2.39. The van der Waals surface area contributed by atoms with Crippen LogP contribution in [0.4, 0.5) is 0 Å². The minimum atomic E-state index is 0.119. The molecule has 0 bridgehead atoms. The number of rotatable bonds is 4. The van der Waals surface area contributed by atoms with Gasteiger partial charge in [0.15, 0.2) is 0 Å². The fourth-order valence-corrected chi connectivity index (χ4v) is 2.93.